The topological polar surface area (TPSA) is 63.2 Å². The molecule has 6 nitrogen and oxygen atoms in total. The van der Waals surface area contributed by atoms with Gasteiger partial charge in [-0.15, -0.1) is 0 Å². The van der Waals surface area contributed by atoms with Crippen molar-refractivity contribution in [2.75, 3.05) is 27.4 Å². The van der Waals surface area contributed by atoms with Crippen molar-refractivity contribution in [3.63, 3.8) is 0 Å². The number of benzene rings is 2. The Morgan fingerprint density at radius 1 is 1.04 bits per heavy atom. The van der Waals surface area contributed by atoms with Gasteiger partial charge in [0.2, 0.25) is 5.75 Å². The third kappa shape index (κ3) is 4.33. The highest BCUT2D eigenvalue weighted by atomic mass is 19.3. The Labute approximate surface area is 160 Å². The molecule has 0 aromatic heterocycles. The van der Waals surface area contributed by atoms with Crippen LogP contribution < -0.4 is 23.7 Å². The van der Waals surface area contributed by atoms with Crippen molar-refractivity contribution >= 4 is 11.9 Å². The normalized spacial score (nSPS) is 12.9. The third-order valence-corrected chi connectivity index (χ3v) is 3.94. The maximum atomic E-state index is 12.4. The molecule has 0 bridgehead atoms. The predicted molar refractivity (Wildman–Crippen MR) is 97.0 cm³/mol. The molecule has 1 heterocycles. The summed E-state index contributed by atoms with van der Waals surface area (Å²) in [6, 6.07) is 7.45. The number of allylic oxidation sites excluding steroid dienone is 1. The van der Waals surface area contributed by atoms with E-state index in [4.69, 9.17) is 18.9 Å². The largest absolute Gasteiger partial charge is 0.493 e. The fourth-order valence-corrected chi connectivity index (χ4v) is 2.67. The van der Waals surface area contributed by atoms with Gasteiger partial charge in [0.1, 0.15) is 13.2 Å². The number of halogens is 2. The highest BCUT2D eigenvalue weighted by Crippen LogP contribution is 2.40. The van der Waals surface area contributed by atoms with Crippen LogP contribution in [0.15, 0.2) is 36.4 Å². The second-order valence-corrected chi connectivity index (χ2v) is 5.69. The highest BCUT2D eigenvalue weighted by molar-refractivity contribution is 6.07. The molecule has 8 heteroatoms. The molecule has 0 radical (unpaired) electrons. The summed E-state index contributed by atoms with van der Waals surface area (Å²) in [5.41, 5.74) is 0.943. The van der Waals surface area contributed by atoms with Crippen molar-refractivity contribution in [2.24, 2.45) is 0 Å². The number of hydrogen-bond donors (Lipinski definition) is 0. The molecule has 148 valence electrons. The molecule has 0 aliphatic carbocycles. The summed E-state index contributed by atoms with van der Waals surface area (Å²) in [4.78, 5) is 12.4. The maximum Gasteiger partial charge on any atom is 0.387 e. The number of ketones is 1. The molecule has 0 N–H and O–H groups in total. The van der Waals surface area contributed by atoms with E-state index < -0.39 is 6.61 Å². The van der Waals surface area contributed by atoms with Gasteiger partial charge in [-0.1, -0.05) is 6.08 Å². The average Bonchev–Trinajstić information content (AvgIpc) is 2.71. The zero-order chi connectivity index (χ0) is 20.1. The molecule has 0 saturated carbocycles. The van der Waals surface area contributed by atoms with Crippen LogP contribution in [0.25, 0.3) is 6.08 Å². The monoisotopic (exact) mass is 392 g/mol. The van der Waals surface area contributed by atoms with Crippen molar-refractivity contribution in [1.29, 1.82) is 0 Å². The van der Waals surface area contributed by atoms with Crippen LogP contribution in [0.1, 0.15) is 15.9 Å². The number of carbonyl (C=O) groups is 1. The van der Waals surface area contributed by atoms with Crippen LogP contribution in [0.4, 0.5) is 8.78 Å². The minimum atomic E-state index is -2.99. The summed E-state index contributed by atoms with van der Waals surface area (Å²) < 4.78 is 50.6. The minimum Gasteiger partial charge on any atom is -0.493 e. The summed E-state index contributed by atoms with van der Waals surface area (Å²) in [6.45, 7) is -2.13. The highest BCUT2D eigenvalue weighted by Gasteiger charge is 2.18. The van der Waals surface area contributed by atoms with E-state index in [1.165, 1.54) is 38.5 Å². The van der Waals surface area contributed by atoms with E-state index in [1.54, 1.807) is 18.2 Å². The Hall–Kier alpha value is -3.29. The number of ether oxygens (including phenoxy) is 5. The zero-order valence-electron chi connectivity index (χ0n) is 15.2. The molecule has 0 amide bonds. The van der Waals surface area contributed by atoms with Gasteiger partial charge in [-0.05, 0) is 42.0 Å². The number of alkyl halides is 2. The summed E-state index contributed by atoms with van der Waals surface area (Å²) in [5.74, 6) is 1.12. The van der Waals surface area contributed by atoms with E-state index in [0.717, 1.165) is 0 Å². The second-order valence-electron chi connectivity index (χ2n) is 5.69. The van der Waals surface area contributed by atoms with Gasteiger partial charge in [0, 0.05) is 5.56 Å². The van der Waals surface area contributed by atoms with Crippen molar-refractivity contribution in [2.45, 2.75) is 6.61 Å². The Morgan fingerprint density at radius 2 is 1.79 bits per heavy atom. The van der Waals surface area contributed by atoms with Crippen LogP contribution in [0.3, 0.4) is 0 Å². The molecule has 0 spiro atoms. The number of methoxy groups -OCH3 is 2. The Bertz CT molecular complexity index is 877. The Morgan fingerprint density at radius 3 is 2.50 bits per heavy atom. The summed E-state index contributed by atoms with van der Waals surface area (Å²) in [7, 11) is 2.82. The van der Waals surface area contributed by atoms with E-state index in [1.807, 2.05) is 0 Å². The fraction of sp³-hybridized carbons (Fsp3) is 0.250. The molecule has 2 aromatic carbocycles. The van der Waals surface area contributed by atoms with Crippen molar-refractivity contribution in [3.05, 3.63) is 47.5 Å². The first-order valence-electron chi connectivity index (χ1n) is 8.34. The molecular weight excluding hydrogens is 374 g/mol. The standard InChI is InChI=1S/C20H18F2O6/c1-24-16-11-13(4-6-15(16)28-20(21)22)14(23)5-3-12-9-17(25-2)19-18(10-12)26-7-8-27-19/h3-6,9-11,20H,7-8H2,1-2H3/b5-3+. The molecule has 28 heavy (non-hydrogen) atoms. The molecule has 3 rings (SSSR count). The van der Waals surface area contributed by atoms with E-state index in [2.05, 4.69) is 4.74 Å². The van der Waals surface area contributed by atoms with E-state index in [0.29, 0.717) is 36.0 Å². The maximum absolute atomic E-state index is 12.4. The van der Waals surface area contributed by atoms with Crippen LogP contribution in [-0.4, -0.2) is 39.8 Å². The van der Waals surface area contributed by atoms with Crippen LogP contribution in [0, 0.1) is 0 Å². The van der Waals surface area contributed by atoms with Gasteiger partial charge in [-0.3, -0.25) is 4.79 Å². The van der Waals surface area contributed by atoms with Crippen molar-refractivity contribution in [1.82, 2.24) is 0 Å². The third-order valence-electron chi connectivity index (χ3n) is 3.94. The smallest absolute Gasteiger partial charge is 0.387 e. The van der Waals surface area contributed by atoms with Crippen LogP contribution in [0.5, 0.6) is 28.7 Å². The first-order chi connectivity index (χ1) is 13.5. The summed E-state index contributed by atoms with van der Waals surface area (Å²) in [5, 5.41) is 0. The quantitative estimate of drug-likeness (QED) is 0.525. The van der Waals surface area contributed by atoms with Gasteiger partial charge in [0.25, 0.3) is 0 Å². The predicted octanol–water partition coefficient (Wildman–Crippen LogP) is 3.97. The first kappa shape index (κ1) is 19.5. The molecule has 0 fully saturated rings. The molecule has 0 saturated heterocycles. The number of carbonyl (C=O) groups excluding carboxylic acids is 1. The summed E-state index contributed by atoms with van der Waals surface area (Å²) >= 11 is 0. The molecule has 0 unspecified atom stereocenters. The van der Waals surface area contributed by atoms with Gasteiger partial charge in [-0.25, -0.2) is 0 Å². The van der Waals surface area contributed by atoms with Gasteiger partial charge in [-0.2, -0.15) is 8.78 Å². The molecule has 1 aliphatic heterocycles. The lowest BCUT2D eigenvalue weighted by Gasteiger charge is -2.20. The van der Waals surface area contributed by atoms with Crippen LogP contribution in [0.2, 0.25) is 0 Å². The number of rotatable bonds is 7. The fourth-order valence-electron chi connectivity index (χ4n) is 2.67. The molecule has 1 aliphatic rings. The first-order valence-corrected chi connectivity index (χ1v) is 8.34. The SMILES string of the molecule is COc1cc(C(=O)/C=C/c2cc(OC)c3c(c2)OCCO3)ccc1OC(F)F. The lowest BCUT2D eigenvalue weighted by Crippen LogP contribution is -2.16. The molecule has 0 atom stereocenters. The van der Waals surface area contributed by atoms with Crippen molar-refractivity contribution in [3.8, 4) is 28.7 Å². The number of fused-ring (bicyclic) bond motifs is 1. The van der Waals surface area contributed by atoms with Crippen molar-refractivity contribution < 1.29 is 37.3 Å². The second kappa shape index (κ2) is 8.60. The average molecular weight is 392 g/mol. The van der Waals surface area contributed by atoms with E-state index in [-0.39, 0.29) is 22.8 Å². The Kier molecular flexibility index (Phi) is 5.98. The van der Waals surface area contributed by atoms with Crippen LogP contribution in [-0.2, 0) is 0 Å². The summed E-state index contributed by atoms with van der Waals surface area (Å²) in [6.07, 6.45) is 2.95. The van der Waals surface area contributed by atoms with Gasteiger partial charge < -0.3 is 23.7 Å². The lowest BCUT2D eigenvalue weighted by atomic mass is 10.1. The van der Waals surface area contributed by atoms with E-state index in [9.17, 15) is 13.6 Å². The molecular formula is C20H18F2O6. The molecule has 2 aromatic rings. The number of hydrogen-bond acceptors (Lipinski definition) is 6. The Balaban J connectivity index is 1.82. The minimum absolute atomic E-state index is 0.0422. The van der Waals surface area contributed by atoms with E-state index >= 15 is 0 Å². The van der Waals surface area contributed by atoms with Crippen LogP contribution >= 0.6 is 0 Å². The van der Waals surface area contributed by atoms with Gasteiger partial charge in [0.15, 0.2) is 28.8 Å². The van der Waals surface area contributed by atoms with Gasteiger partial charge in [0.05, 0.1) is 14.2 Å². The lowest BCUT2D eigenvalue weighted by molar-refractivity contribution is -0.0512. The van der Waals surface area contributed by atoms with Gasteiger partial charge >= 0.3 is 6.61 Å². The zero-order valence-corrected chi connectivity index (χ0v) is 15.2.